The van der Waals surface area contributed by atoms with Crippen LogP contribution < -0.4 is 22.1 Å². The Morgan fingerprint density at radius 2 is 1.69 bits per heavy atom. The number of aryl methyl sites for hydroxylation is 2. The van der Waals surface area contributed by atoms with Gasteiger partial charge in [-0.3, -0.25) is 9.59 Å². The summed E-state index contributed by atoms with van der Waals surface area (Å²) in [4.78, 5) is 26.8. The van der Waals surface area contributed by atoms with Crippen molar-refractivity contribution in [2.24, 2.45) is 16.5 Å². The van der Waals surface area contributed by atoms with E-state index < -0.39 is 5.91 Å². The van der Waals surface area contributed by atoms with E-state index in [1.807, 2.05) is 32.0 Å². The number of amides is 2. The number of nitrogens with one attached hydrogen (secondary N) is 2. The van der Waals surface area contributed by atoms with Gasteiger partial charge in [-0.15, -0.1) is 0 Å². The molecule has 2 aromatic carbocycles. The van der Waals surface area contributed by atoms with Crippen molar-refractivity contribution >= 4 is 23.5 Å². The van der Waals surface area contributed by atoms with E-state index in [1.165, 1.54) is 11.1 Å². The number of carbonyl (C=O) groups excluding carboxylic acids is 2. The van der Waals surface area contributed by atoms with Crippen LogP contribution in [0.4, 0.5) is 5.69 Å². The Labute approximate surface area is 152 Å². The van der Waals surface area contributed by atoms with Gasteiger partial charge in [0, 0.05) is 11.3 Å². The number of nitrogens with two attached hydrogens (primary N) is 2. The highest BCUT2D eigenvalue weighted by molar-refractivity contribution is 5.96. The van der Waals surface area contributed by atoms with Gasteiger partial charge in [0.15, 0.2) is 5.96 Å². The summed E-state index contributed by atoms with van der Waals surface area (Å²) in [6.45, 7) is 4.28. The van der Waals surface area contributed by atoms with Crippen molar-refractivity contribution in [3.05, 3.63) is 64.7 Å². The lowest BCUT2D eigenvalue weighted by Gasteiger charge is -2.08. The molecular weight excluding hydrogens is 330 g/mol. The van der Waals surface area contributed by atoms with Crippen LogP contribution in [0.25, 0.3) is 0 Å². The van der Waals surface area contributed by atoms with Gasteiger partial charge in [-0.1, -0.05) is 18.2 Å². The molecule has 0 heterocycles. The molecule has 136 valence electrons. The minimum Gasteiger partial charge on any atom is -0.370 e. The molecule has 7 heteroatoms. The number of hydrogen-bond donors (Lipinski definition) is 4. The van der Waals surface area contributed by atoms with Gasteiger partial charge in [0.05, 0.1) is 13.1 Å². The molecule has 0 aromatic heterocycles. The maximum absolute atomic E-state index is 11.8. The lowest BCUT2D eigenvalue weighted by molar-refractivity contribution is -0.117. The summed E-state index contributed by atoms with van der Waals surface area (Å²) in [6.07, 6.45) is 0. The summed E-state index contributed by atoms with van der Waals surface area (Å²) in [5.41, 5.74) is 15.5. The quantitative estimate of drug-likeness (QED) is 0.463. The average Bonchev–Trinajstić information content (AvgIpc) is 2.61. The number of carbonyl (C=O) groups is 2. The van der Waals surface area contributed by atoms with Crippen molar-refractivity contribution in [1.29, 1.82) is 0 Å². The van der Waals surface area contributed by atoms with E-state index in [0.29, 0.717) is 18.1 Å². The fourth-order valence-electron chi connectivity index (χ4n) is 2.21. The number of rotatable bonds is 6. The fourth-order valence-corrected chi connectivity index (χ4v) is 2.21. The average molecular weight is 353 g/mol. The Balaban J connectivity index is 1.93. The third kappa shape index (κ3) is 5.62. The highest BCUT2D eigenvalue weighted by Crippen LogP contribution is 2.14. The van der Waals surface area contributed by atoms with Crippen molar-refractivity contribution in [2.75, 3.05) is 11.9 Å². The molecule has 2 aromatic rings. The zero-order valence-corrected chi connectivity index (χ0v) is 14.9. The van der Waals surface area contributed by atoms with Crippen LogP contribution >= 0.6 is 0 Å². The van der Waals surface area contributed by atoms with Gasteiger partial charge >= 0.3 is 0 Å². The third-order valence-corrected chi connectivity index (χ3v) is 3.85. The van der Waals surface area contributed by atoms with E-state index in [-0.39, 0.29) is 12.5 Å². The molecule has 0 radical (unpaired) electrons. The van der Waals surface area contributed by atoms with E-state index in [9.17, 15) is 9.59 Å². The Bertz CT molecular complexity index is 828. The van der Waals surface area contributed by atoms with Crippen LogP contribution in [0.2, 0.25) is 0 Å². The minimum atomic E-state index is -0.587. The Morgan fingerprint density at radius 1 is 1.00 bits per heavy atom. The molecule has 0 fully saturated rings. The van der Waals surface area contributed by atoms with Gasteiger partial charge < -0.3 is 22.1 Å². The number of aliphatic imine (C=N–C) groups is 1. The van der Waals surface area contributed by atoms with Crippen LogP contribution in [-0.4, -0.2) is 24.3 Å². The first kappa shape index (κ1) is 19.0. The van der Waals surface area contributed by atoms with E-state index in [0.717, 1.165) is 11.3 Å². The number of primary amides is 1. The molecule has 0 atom stereocenters. The molecule has 0 aliphatic rings. The van der Waals surface area contributed by atoms with Crippen molar-refractivity contribution in [1.82, 2.24) is 5.32 Å². The van der Waals surface area contributed by atoms with Crippen LogP contribution in [0, 0.1) is 13.8 Å². The molecule has 0 bridgehead atoms. The third-order valence-electron chi connectivity index (χ3n) is 3.85. The molecular formula is C19H23N5O2. The summed E-state index contributed by atoms with van der Waals surface area (Å²) < 4.78 is 0. The molecule has 0 aliphatic carbocycles. The Kier molecular flexibility index (Phi) is 6.32. The smallest absolute Gasteiger partial charge is 0.251 e. The molecule has 0 spiro atoms. The summed E-state index contributed by atoms with van der Waals surface area (Å²) >= 11 is 0. The SMILES string of the molecule is Cc1ccc(NC(N)=NCc2ccc(C(=O)NCC(N)=O)cc2)cc1C. The second kappa shape index (κ2) is 8.66. The van der Waals surface area contributed by atoms with Gasteiger partial charge in [0.25, 0.3) is 5.91 Å². The highest BCUT2D eigenvalue weighted by Gasteiger charge is 2.06. The second-order valence-electron chi connectivity index (χ2n) is 5.97. The van der Waals surface area contributed by atoms with E-state index in [4.69, 9.17) is 11.5 Å². The van der Waals surface area contributed by atoms with Gasteiger partial charge in [-0.05, 0) is 54.8 Å². The van der Waals surface area contributed by atoms with E-state index >= 15 is 0 Å². The number of nitrogens with zero attached hydrogens (tertiary/aromatic N) is 1. The van der Waals surface area contributed by atoms with Crippen molar-refractivity contribution < 1.29 is 9.59 Å². The first-order chi connectivity index (χ1) is 12.3. The van der Waals surface area contributed by atoms with Gasteiger partial charge in [0.2, 0.25) is 5.91 Å². The first-order valence-electron chi connectivity index (χ1n) is 8.15. The first-order valence-corrected chi connectivity index (χ1v) is 8.15. The van der Waals surface area contributed by atoms with Crippen LogP contribution in [0.1, 0.15) is 27.0 Å². The summed E-state index contributed by atoms with van der Waals surface area (Å²) in [5.74, 6) is -0.623. The summed E-state index contributed by atoms with van der Waals surface area (Å²) in [6, 6.07) is 12.9. The Morgan fingerprint density at radius 3 is 2.31 bits per heavy atom. The maximum Gasteiger partial charge on any atom is 0.251 e. The lowest BCUT2D eigenvalue weighted by Crippen LogP contribution is -2.33. The van der Waals surface area contributed by atoms with Crippen LogP contribution in [0.15, 0.2) is 47.5 Å². The topological polar surface area (TPSA) is 123 Å². The van der Waals surface area contributed by atoms with Gasteiger partial charge in [0.1, 0.15) is 0 Å². The van der Waals surface area contributed by atoms with E-state index in [2.05, 4.69) is 15.6 Å². The molecule has 0 unspecified atom stereocenters. The van der Waals surface area contributed by atoms with Gasteiger partial charge in [-0.2, -0.15) is 0 Å². The molecule has 0 saturated carbocycles. The maximum atomic E-state index is 11.8. The molecule has 2 rings (SSSR count). The number of anilines is 1. The zero-order chi connectivity index (χ0) is 19.1. The second-order valence-corrected chi connectivity index (χ2v) is 5.97. The number of hydrogen-bond acceptors (Lipinski definition) is 3. The van der Waals surface area contributed by atoms with Crippen molar-refractivity contribution in [3.8, 4) is 0 Å². The van der Waals surface area contributed by atoms with E-state index in [1.54, 1.807) is 24.3 Å². The molecule has 26 heavy (non-hydrogen) atoms. The van der Waals surface area contributed by atoms with Crippen molar-refractivity contribution in [3.63, 3.8) is 0 Å². The normalized spacial score (nSPS) is 11.1. The molecule has 2 amide bonds. The molecule has 0 saturated heterocycles. The predicted molar refractivity (Wildman–Crippen MR) is 103 cm³/mol. The minimum absolute atomic E-state index is 0.189. The Hall–Kier alpha value is -3.35. The highest BCUT2D eigenvalue weighted by atomic mass is 16.2. The van der Waals surface area contributed by atoms with Crippen LogP contribution in [-0.2, 0) is 11.3 Å². The molecule has 0 aliphatic heterocycles. The molecule has 7 nitrogen and oxygen atoms in total. The molecule has 6 N–H and O–H groups in total. The predicted octanol–water partition coefficient (Wildman–Crippen LogP) is 1.45. The zero-order valence-electron chi connectivity index (χ0n) is 14.9. The van der Waals surface area contributed by atoms with Crippen molar-refractivity contribution in [2.45, 2.75) is 20.4 Å². The lowest BCUT2D eigenvalue weighted by atomic mass is 10.1. The van der Waals surface area contributed by atoms with Crippen LogP contribution in [0.5, 0.6) is 0 Å². The monoisotopic (exact) mass is 353 g/mol. The number of benzene rings is 2. The largest absolute Gasteiger partial charge is 0.370 e. The van der Waals surface area contributed by atoms with Gasteiger partial charge in [-0.25, -0.2) is 4.99 Å². The number of guanidine groups is 1. The fraction of sp³-hybridized carbons (Fsp3) is 0.211. The standard InChI is InChI=1S/C19H23N5O2/c1-12-3-8-16(9-13(12)2)24-19(21)23-10-14-4-6-15(7-5-14)18(26)22-11-17(20)25/h3-9H,10-11H2,1-2H3,(H2,20,25)(H,22,26)(H3,21,23,24). The summed E-state index contributed by atoms with van der Waals surface area (Å²) in [5, 5.41) is 5.49. The summed E-state index contributed by atoms with van der Waals surface area (Å²) in [7, 11) is 0. The van der Waals surface area contributed by atoms with Crippen LogP contribution in [0.3, 0.4) is 0 Å².